The Bertz CT molecular complexity index is 403. The topological polar surface area (TPSA) is 65.0 Å². The van der Waals surface area contributed by atoms with Gasteiger partial charge in [0.1, 0.15) is 5.75 Å². The van der Waals surface area contributed by atoms with Crippen molar-refractivity contribution in [2.45, 2.75) is 13.3 Å². The molecule has 0 unspecified atom stereocenters. The number of benzene rings is 1. The second-order valence-electron chi connectivity index (χ2n) is 4.09. The highest BCUT2D eigenvalue weighted by Crippen LogP contribution is 2.19. The fourth-order valence-electron chi connectivity index (χ4n) is 1.53. The third kappa shape index (κ3) is 5.72. The van der Waals surface area contributed by atoms with Crippen molar-refractivity contribution in [3.8, 4) is 5.75 Å². The molecule has 0 amide bonds. The fraction of sp³-hybridized carbons (Fsp3) is 0.500. The molecule has 19 heavy (non-hydrogen) atoms. The number of methoxy groups -OCH3 is 1. The lowest BCUT2D eigenvalue weighted by molar-refractivity contribution is 0.0644. The number of hydrogen-bond acceptors (Lipinski definition) is 4. The number of carbonyl (C=O) groups is 1. The SMILES string of the molecule is COCCOCCCOc1ccc(C(=O)O)cc1C. The van der Waals surface area contributed by atoms with E-state index in [4.69, 9.17) is 19.3 Å². The van der Waals surface area contributed by atoms with Gasteiger partial charge in [0, 0.05) is 20.1 Å². The Morgan fingerprint density at radius 1 is 1.21 bits per heavy atom. The highest BCUT2D eigenvalue weighted by molar-refractivity contribution is 5.88. The van der Waals surface area contributed by atoms with Crippen molar-refractivity contribution in [3.63, 3.8) is 0 Å². The van der Waals surface area contributed by atoms with E-state index in [0.717, 1.165) is 12.0 Å². The van der Waals surface area contributed by atoms with E-state index < -0.39 is 5.97 Å². The number of aryl methyl sites for hydroxylation is 1. The third-order valence-electron chi connectivity index (χ3n) is 2.54. The van der Waals surface area contributed by atoms with Crippen molar-refractivity contribution in [2.75, 3.05) is 33.5 Å². The molecular formula is C14H20O5. The zero-order valence-electron chi connectivity index (χ0n) is 11.3. The first-order valence-electron chi connectivity index (χ1n) is 6.18. The Morgan fingerprint density at radius 2 is 2.00 bits per heavy atom. The average molecular weight is 268 g/mol. The molecule has 106 valence electrons. The zero-order valence-corrected chi connectivity index (χ0v) is 11.3. The molecule has 0 fully saturated rings. The molecule has 1 rings (SSSR count). The van der Waals surface area contributed by atoms with Crippen LogP contribution in [0.25, 0.3) is 0 Å². The van der Waals surface area contributed by atoms with Crippen LogP contribution in [0, 0.1) is 6.92 Å². The van der Waals surface area contributed by atoms with Crippen molar-refractivity contribution in [1.29, 1.82) is 0 Å². The van der Waals surface area contributed by atoms with E-state index in [9.17, 15) is 4.79 Å². The maximum absolute atomic E-state index is 10.8. The van der Waals surface area contributed by atoms with Crippen LogP contribution in [0.1, 0.15) is 22.3 Å². The Labute approximate surface area is 113 Å². The minimum atomic E-state index is -0.929. The molecule has 1 aromatic carbocycles. The lowest BCUT2D eigenvalue weighted by Gasteiger charge is -2.10. The standard InChI is InChI=1S/C14H20O5/c1-11-10-12(14(15)16)4-5-13(11)19-7-3-6-18-9-8-17-2/h4-5,10H,3,6-9H2,1-2H3,(H,15,16). The Kier molecular flexibility index (Phi) is 6.92. The number of carboxylic acids is 1. The van der Waals surface area contributed by atoms with Gasteiger partial charge in [-0.25, -0.2) is 4.79 Å². The van der Waals surface area contributed by atoms with E-state index in [1.807, 2.05) is 6.92 Å². The van der Waals surface area contributed by atoms with Gasteiger partial charge in [-0.15, -0.1) is 0 Å². The van der Waals surface area contributed by atoms with Gasteiger partial charge in [-0.3, -0.25) is 0 Å². The molecular weight excluding hydrogens is 248 g/mol. The molecule has 0 saturated carbocycles. The van der Waals surface area contributed by atoms with Gasteiger partial charge in [-0.2, -0.15) is 0 Å². The van der Waals surface area contributed by atoms with Crippen molar-refractivity contribution < 1.29 is 24.1 Å². The Hall–Kier alpha value is -1.59. The summed E-state index contributed by atoms with van der Waals surface area (Å²) in [6.45, 7) is 4.17. The van der Waals surface area contributed by atoms with Crippen LogP contribution < -0.4 is 4.74 Å². The van der Waals surface area contributed by atoms with Crippen molar-refractivity contribution >= 4 is 5.97 Å². The first-order valence-corrected chi connectivity index (χ1v) is 6.18. The number of carboxylic acid groups (broad SMARTS) is 1. The third-order valence-corrected chi connectivity index (χ3v) is 2.54. The van der Waals surface area contributed by atoms with Gasteiger partial charge in [0.15, 0.2) is 0 Å². The van der Waals surface area contributed by atoms with Gasteiger partial charge >= 0.3 is 5.97 Å². The van der Waals surface area contributed by atoms with Crippen LogP contribution in [0.2, 0.25) is 0 Å². The summed E-state index contributed by atoms with van der Waals surface area (Å²) < 4.78 is 15.7. The van der Waals surface area contributed by atoms with Gasteiger partial charge in [0.05, 0.1) is 25.4 Å². The first-order chi connectivity index (χ1) is 9.15. The van der Waals surface area contributed by atoms with E-state index in [1.54, 1.807) is 25.3 Å². The quantitative estimate of drug-likeness (QED) is 0.695. The van der Waals surface area contributed by atoms with Gasteiger partial charge in [-0.1, -0.05) is 0 Å². The van der Waals surface area contributed by atoms with Gasteiger partial charge in [-0.05, 0) is 30.7 Å². The normalized spacial score (nSPS) is 10.4. The molecule has 0 spiro atoms. The predicted octanol–water partition coefficient (Wildman–Crippen LogP) is 2.13. The minimum absolute atomic E-state index is 0.271. The molecule has 0 aliphatic rings. The maximum Gasteiger partial charge on any atom is 0.335 e. The van der Waals surface area contributed by atoms with Gasteiger partial charge in [0.25, 0.3) is 0 Å². The summed E-state index contributed by atoms with van der Waals surface area (Å²) in [5, 5.41) is 8.85. The Morgan fingerprint density at radius 3 is 2.63 bits per heavy atom. The average Bonchev–Trinajstić information content (AvgIpc) is 2.39. The van der Waals surface area contributed by atoms with Crippen LogP contribution in [0.5, 0.6) is 5.75 Å². The number of ether oxygens (including phenoxy) is 3. The van der Waals surface area contributed by atoms with E-state index in [1.165, 1.54) is 0 Å². The summed E-state index contributed by atoms with van der Waals surface area (Å²) in [6, 6.07) is 4.83. The van der Waals surface area contributed by atoms with Crippen LogP contribution in [-0.4, -0.2) is 44.6 Å². The van der Waals surface area contributed by atoms with Crippen molar-refractivity contribution in [2.24, 2.45) is 0 Å². The molecule has 1 N–H and O–H groups in total. The monoisotopic (exact) mass is 268 g/mol. The summed E-state index contributed by atoms with van der Waals surface area (Å²) in [7, 11) is 1.63. The summed E-state index contributed by atoms with van der Waals surface area (Å²) in [6.07, 6.45) is 0.782. The second-order valence-corrected chi connectivity index (χ2v) is 4.09. The number of hydrogen-bond donors (Lipinski definition) is 1. The molecule has 1 aromatic rings. The van der Waals surface area contributed by atoms with Crippen molar-refractivity contribution in [1.82, 2.24) is 0 Å². The molecule has 0 aliphatic heterocycles. The maximum atomic E-state index is 10.8. The van der Waals surface area contributed by atoms with Crippen LogP contribution in [0.15, 0.2) is 18.2 Å². The lowest BCUT2D eigenvalue weighted by Crippen LogP contribution is -2.07. The molecule has 0 saturated heterocycles. The van der Waals surface area contributed by atoms with E-state index >= 15 is 0 Å². The smallest absolute Gasteiger partial charge is 0.335 e. The van der Waals surface area contributed by atoms with Crippen molar-refractivity contribution in [3.05, 3.63) is 29.3 Å². The van der Waals surface area contributed by atoms with Crippen LogP contribution in [0.4, 0.5) is 0 Å². The molecule has 0 aliphatic carbocycles. The highest BCUT2D eigenvalue weighted by atomic mass is 16.5. The molecule has 0 aromatic heterocycles. The number of rotatable bonds is 9. The largest absolute Gasteiger partial charge is 0.493 e. The Balaban J connectivity index is 2.28. The lowest BCUT2D eigenvalue weighted by atomic mass is 10.1. The molecule has 0 bridgehead atoms. The second kappa shape index (κ2) is 8.50. The summed E-state index contributed by atoms with van der Waals surface area (Å²) in [4.78, 5) is 10.8. The van der Waals surface area contributed by atoms with E-state index in [-0.39, 0.29) is 5.56 Å². The molecule has 0 heterocycles. The number of aromatic carboxylic acids is 1. The van der Waals surface area contributed by atoms with Gasteiger partial charge < -0.3 is 19.3 Å². The highest BCUT2D eigenvalue weighted by Gasteiger charge is 2.06. The molecule has 5 nitrogen and oxygen atoms in total. The molecule has 0 atom stereocenters. The molecule has 5 heteroatoms. The van der Waals surface area contributed by atoms with Gasteiger partial charge in [0.2, 0.25) is 0 Å². The zero-order chi connectivity index (χ0) is 14.1. The van der Waals surface area contributed by atoms with Crippen LogP contribution >= 0.6 is 0 Å². The van der Waals surface area contributed by atoms with Crippen LogP contribution in [-0.2, 0) is 9.47 Å². The first kappa shape index (κ1) is 15.5. The molecule has 0 radical (unpaired) electrons. The summed E-state index contributed by atoms with van der Waals surface area (Å²) in [5.74, 6) is -0.219. The summed E-state index contributed by atoms with van der Waals surface area (Å²) >= 11 is 0. The van der Waals surface area contributed by atoms with E-state index in [0.29, 0.717) is 32.2 Å². The summed E-state index contributed by atoms with van der Waals surface area (Å²) in [5.41, 5.74) is 1.09. The predicted molar refractivity (Wildman–Crippen MR) is 70.9 cm³/mol. The fourth-order valence-corrected chi connectivity index (χ4v) is 1.53. The van der Waals surface area contributed by atoms with Crippen LogP contribution in [0.3, 0.4) is 0 Å². The van der Waals surface area contributed by atoms with E-state index in [2.05, 4.69) is 0 Å². The minimum Gasteiger partial charge on any atom is -0.493 e.